The fourth-order valence-corrected chi connectivity index (χ4v) is 0. The van der Waals surface area contributed by atoms with Gasteiger partial charge in [-0.15, -0.1) is 0 Å². The van der Waals surface area contributed by atoms with E-state index in [0.29, 0.717) is 22.5 Å². The Morgan fingerprint density at radius 1 is 1.25 bits per heavy atom. The van der Waals surface area contributed by atoms with Crippen LogP contribution in [0.2, 0.25) is 0 Å². The van der Waals surface area contributed by atoms with Gasteiger partial charge in [0.2, 0.25) is 0 Å². The van der Waals surface area contributed by atoms with Gasteiger partial charge in [0.1, 0.15) is 0 Å². The average molecular weight is 294 g/mol. The van der Waals surface area contributed by atoms with E-state index in [1.54, 1.807) is 0 Å². The Morgan fingerprint density at radius 2 is 1.25 bits per heavy atom. The molecule has 0 unspecified atom stereocenters. The second-order valence-corrected chi connectivity index (χ2v) is 0. The first kappa shape index (κ1) is 17.0. The topological polar surface area (TPSA) is 17.1 Å². The van der Waals surface area contributed by atoms with Crippen molar-refractivity contribution in [2.24, 2.45) is 0 Å². The van der Waals surface area contributed by atoms with Crippen LogP contribution in [0.5, 0.6) is 0 Å². The molecule has 27 valence electrons. The van der Waals surface area contributed by atoms with Gasteiger partial charge in [0.25, 0.3) is 0 Å². The van der Waals surface area contributed by atoms with Crippen molar-refractivity contribution in [2.45, 2.75) is 0 Å². The second kappa shape index (κ2) is 21.3. The minimum absolute atomic E-state index is 0. The second-order valence-electron chi connectivity index (χ2n) is 0. The fraction of sp³-hybridized carbons (Fsp3) is 0. The van der Waals surface area contributed by atoms with E-state index in [-0.39, 0.29) is 38.1 Å². The predicted molar refractivity (Wildman–Crippen MR) is 6.44 cm³/mol. The molecule has 0 aliphatic carbocycles. The molecule has 0 rings (SSSR count). The van der Waals surface area contributed by atoms with Gasteiger partial charge >= 0.3 is 25.6 Å². The van der Waals surface area contributed by atoms with Gasteiger partial charge in [-0.05, 0) is 0 Å². The van der Waals surface area contributed by atoms with Gasteiger partial charge in [-0.25, -0.2) is 0 Å². The molecule has 0 bridgehead atoms. The van der Waals surface area contributed by atoms with Crippen LogP contribution in [0.1, 0.15) is 0 Å². The van der Waals surface area contributed by atoms with E-state index in [9.17, 15) is 0 Å². The van der Waals surface area contributed by atoms with Gasteiger partial charge in [0, 0.05) is 38.1 Å². The van der Waals surface area contributed by atoms with Gasteiger partial charge in [0.05, 0.1) is 0 Å². The molecule has 0 N–H and O–H groups in total. The summed E-state index contributed by atoms with van der Waals surface area (Å²) >= 11 is 0.300. The van der Waals surface area contributed by atoms with E-state index in [1.807, 2.05) is 0 Å². The molecule has 0 heterocycles. The molecule has 0 saturated carbocycles. The number of rotatable bonds is 0. The van der Waals surface area contributed by atoms with Crippen LogP contribution in [0.15, 0.2) is 0 Å². The van der Waals surface area contributed by atoms with Gasteiger partial charge in [-0.2, -0.15) is 0 Å². The standard InChI is InChI=1S/Cu.Mo.O.Sn. The van der Waals surface area contributed by atoms with Crippen LogP contribution < -0.4 is 0 Å². The van der Waals surface area contributed by atoms with Crippen molar-refractivity contribution in [1.82, 2.24) is 0 Å². The summed E-state index contributed by atoms with van der Waals surface area (Å²) in [5.41, 5.74) is 0. The molecule has 0 aromatic rings. The van der Waals surface area contributed by atoms with Crippen molar-refractivity contribution in [2.75, 3.05) is 0 Å². The SMILES string of the molecule is [Cu].[Mo].[O]=[Sn]. The third-order valence-electron chi connectivity index (χ3n) is 0. The van der Waals surface area contributed by atoms with E-state index in [0.717, 1.165) is 0 Å². The molecule has 4 heteroatoms. The zero-order valence-electron chi connectivity index (χ0n) is 1.62. The third kappa shape index (κ3) is 9.19. The Morgan fingerprint density at radius 3 is 1.25 bits per heavy atom. The Kier molecular flexibility index (Phi) is 90.9. The molecule has 4 heavy (non-hydrogen) atoms. The summed E-state index contributed by atoms with van der Waals surface area (Å²) in [6, 6.07) is 0. The Balaban J connectivity index is -0.00000000500. The maximum absolute atomic E-state index is 8.34. The first-order chi connectivity index (χ1) is 1.00. The summed E-state index contributed by atoms with van der Waals surface area (Å²) in [4.78, 5) is 0. The molecule has 0 aromatic heterocycles. The molecule has 0 aromatic carbocycles. The van der Waals surface area contributed by atoms with Gasteiger partial charge in [0.15, 0.2) is 0 Å². The average Bonchev–Trinajstić information content (AvgIpc) is 1.00. The first-order valence-corrected chi connectivity index (χ1v) is 1.37. The summed E-state index contributed by atoms with van der Waals surface area (Å²) in [6.45, 7) is 0. The van der Waals surface area contributed by atoms with E-state index in [2.05, 4.69) is 0 Å². The Hall–Kier alpha value is 1.81. The van der Waals surface area contributed by atoms with Crippen molar-refractivity contribution >= 4 is 22.5 Å². The Bertz CT molecular complexity index is 8.00. The zero-order valence-corrected chi connectivity index (χ0v) is 7.42. The maximum atomic E-state index is 8.34. The van der Waals surface area contributed by atoms with Crippen LogP contribution >= 0.6 is 0 Å². The minimum atomic E-state index is 0. The van der Waals surface area contributed by atoms with E-state index >= 15 is 0 Å². The monoisotopic (exact) mass is 297 g/mol. The summed E-state index contributed by atoms with van der Waals surface area (Å²) in [7, 11) is 0. The predicted octanol–water partition coefficient (Wildman–Crippen LogP) is -0.505. The molecule has 0 amide bonds. The van der Waals surface area contributed by atoms with Crippen LogP contribution in [-0.2, 0) is 41.2 Å². The van der Waals surface area contributed by atoms with Crippen LogP contribution in [0.4, 0.5) is 0 Å². The molecule has 0 aliphatic rings. The molecule has 1 nitrogen and oxygen atoms in total. The first-order valence-electron chi connectivity index (χ1n) is 0.204. The van der Waals surface area contributed by atoms with Crippen LogP contribution in [-0.4, -0.2) is 22.5 Å². The summed E-state index contributed by atoms with van der Waals surface area (Å²) in [6.07, 6.45) is 0. The summed E-state index contributed by atoms with van der Waals surface area (Å²) in [5.74, 6) is 0. The third-order valence-corrected chi connectivity index (χ3v) is 0. The fourth-order valence-electron chi connectivity index (χ4n) is 0. The summed E-state index contributed by atoms with van der Waals surface area (Å²) in [5, 5.41) is 0. The van der Waals surface area contributed by atoms with Gasteiger partial charge < -0.3 is 0 Å². The molecule has 0 spiro atoms. The molecule has 0 aliphatic heterocycles. The molecule has 3 radical (unpaired) electrons. The van der Waals surface area contributed by atoms with Crippen LogP contribution in [0.25, 0.3) is 0 Å². The number of hydrogen-bond donors (Lipinski definition) is 0. The number of hydrogen-bond acceptors (Lipinski definition) is 1. The van der Waals surface area contributed by atoms with Crippen molar-refractivity contribution in [3.05, 3.63) is 0 Å². The quantitative estimate of drug-likeness (QED) is 0.550. The van der Waals surface area contributed by atoms with Gasteiger partial charge in [-0.1, -0.05) is 0 Å². The van der Waals surface area contributed by atoms with Crippen molar-refractivity contribution in [3.63, 3.8) is 0 Å². The zero-order chi connectivity index (χ0) is 2.00. The summed E-state index contributed by atoms with van der Waals surface area (Å²) < 4.78 is 8.34. The van der Waals surface area contributed by atoms with Gasteiger partial charge in [-0.3, -0.25) is 0 Å². The van der Waals surface area contributed by atoms with E-state index in [4.69, 9.17) is 3.08 Å². The van der Waals surface area contributed by atoms with Crippen LogP contribution in [0.3, 0.4) is 0 Å². The normalized spacial score (nSPS) is 1.00. The molecular weight excluding hydrogens is 294 g/mol. The van der Waals surface area contributed by atoms with Crippen molar-refractivity contribution < 1.29 is 41.2 Å². The van der Waals surface area contributed by atoms with E-state index < -0.39 is 0 Å². The molecule has 0 atom stereocenters. The molecule has 0 saturated heterocycles. The molecule has 0 fully saturated rings. The Labute approximate surface area is 63.1 Å². The van der Waals surface area contributed by atoms with Crippen molar-refractivity contribution in [1.29, 1.82) is 0 Å². The molecular formula is CuMoOSn. The van der Waals surface area contributed by atoms with Crippen molar-refractivity contribution in [3.8, 4) is 0 Å². The van der Waals surface area contributed by atoms with Crippen LogP contribution in [0, 0.1) is 0 Å². The van der Waals surface area contributed by atoms with E-state index in [1.165, 1.54) is 0 Å².